The van der Waals surface area contributed by atoms with Crippen molar-refractivity contribution in [1.29, 1.82) is 0 Å². The van der Waals surface area contributed by atoms with Crippen LogP contribution < -0.4 is 10.6 Å². The second-order valence-corrected chi connectivity index (χ2v) is 10.6. The first-order chi connectivity index (χ1) is 18.6. The molecular weight excluding hydrogens is 512 g/mol. The highest BCUT2D eigenvalue weighted by atomic mass is 32.1. The molecule has 4 heterocycles. The van der Waals surface area contributed by atoms with Crippen LogP contribution in [0.25, 0.3) is 15.3 Å². The Morgan fingerprint density at radius 2 is 1.87 bits per heavy atom. The van der Waals surface area contributed by atoms with Gasteiger partial charge in [0.15, 0.2) is 10.2 Å². The topological polar surface area (TPSA) is 75.1 Å². The van der Waals surface area contributed by atoms with Gasteiger partial charge in [0, 0.05) is 31.0 Å². The number of nitrogens with zero attached hydrogens (tertiary/aromatic N) is 4. The van der Waals surface area contributed by atoms with Crippen molar-refractivity contribution in [2.24, 2.45) is 0 Å². The Morgan fingerprint density at radius 1 is 1.05 bits per heavy atom. The van der Waals surface area contributed by atoms with Crippen molar-refractivity contribution >= 4 is 50.5 Å². The number of carbonyl (C=O) groups is 1. The van der Waals surface area contributed by atoms with Crippen molar-refractivity contribution in [1.82, 2.24) is 24.8 Å². The third-order valence-electron chi connectivity index (χ3n) is 6.68. The Labute approximate surface area is 230 Å². The lowest BCUT2D eigenvalue weighted by atomic mass is 10.0. The lowest BCUT2D eigenvalue weighted by Gasteiger charge is -2.28. The minimum absolute atomic E-state index is 0.0572. The van der Waals surface area contributed by atoms with Gasteiger partial charge in [-0.25, -0.2) is 4.98 Å². The summed E-state index contributed by atoms with van der Waals surface area (Å²) in [6.07, 6.45) is 4.12. The molecule has 0 saturated carbocycles. The number of thiazole rings is 1. The highest BCUT2D eigenvalue weighted by Crippen LogP contribution is 2.40. The molecule has 2 aromatic carbocycles. The van der Waals surface area contributed by atoms with Crippen molar-refractivity contribution in [3.63, 3.8) is 0 Å². The van der Waals surface area contributed by atoms with E-state index in [9.17, 15) is 4.79 Å². The lowest BCUT2D eigenvalue weighted by molar-refractivity contribution is -0.116. The number of pyridine rings is 1. The largest absolute Gasteiger partial charge is 0.352 e. The molecule has 2 N–H and O–H groups in total. The number of nitrogens with one attached hydrogen (secondary N) is 2. The Hall–Kier alpha value is -4.08. The molecule has 9 heteroatoms. The first-order valence-corrected chi connectivity index (χ1v) is 13.7. The summed E-state index contributed by atoms with van der Waals surface area (Å²) in [6.45, 7) is 2.48. The summed E-state index contributed by atoms with van der Waals surface area (Å²) in [7, 11) is 0. The zero-order valence-corrected chi connectivity index (χ0v) is 22.4. The highest BCUT2D eigenvalue weighted by Gasteiger charge is 2.41. The van der Waals surface area contributed by atoms with Crippen LogP contribution in [0.3, 0.4) is 0 Å². The van der Waals surface area contributed by atoms with E-state index in [1.807, 2.05) is 79.9 Å². The number of hydrogen-bond acceptors (Lipinski definition) is 5. The Bertz CT molecular complexity index is 1560. The standard InChI is InChI=1S/C29H26N6OS2/c1-19-11-13-20(14-12-19)31-25(36)15-18-35-27(26(33-28(35)37)22-8-4-5-16-30-22)23-9-6-17-34(23)29-32-21-7-2-3-10-24(21)38-29/h2-14,16-17,26-27H,15,18H2,1H3,(H,31,36)(H,33,37). The Balaban J connectivity index is 1.31. The highest BCUT2D eigenvalue weighted by molar-refractivity contribution is 7.80. The number of amides is 1. The van der Waals surface area contributed by atoms with E-state index in [-0.39, 0.29) is 18.0 Å². The van der Waals surface area contributed by atoms with Gasteiger partial charge in [0.05, 0.1) is 33.7 Å². The molecule has 190 valence electrons. The summed E-state index contributed by atoms with van der Waals surface area (Å²) < 4.78 is 3.26. The maximum atomic E-state index is 12.9. The number of para-hydroxylation sites is 1. The second-order valence-electron chi connectivity index (χ2n) is 9.25. The molecule has 1 amide bonds. The van der Waals surface area contributed by atoms with Gasteiger partial charge in [0.2, 0.25) is 5.91 Å². The third kappa shape index (κ3) is 4.78. The van der Waals surface area contributed by atoms with Gasteiger partial charge in [-0.2, -0.15) is 0 Å². The quantitative estimate of drug-likeness (QED) is 0.256. The number of thiocarbonyl (C=S) groups is 1. The fourth-order valence-electron chi connectivity index (χ4n) is 4.82. The third-order valence-corrected chi connectivity index (χ3v) is 8.07. The normalized spacial score (nSPS) is 17.1. The second kappa shape index (κ2) is 10.4. The molecule has 1 fully saturated rings. The monoisotopic (exact) mass is 538 g/mol. The predicted octanol–water partition coefficient (Wildman–Crippen LogP) is 5.79. The molecule has 0 bridgehead atoms. The van der Waals surface area contributed by atoms with Gasteiger partial charge in [-0.3, -0.25) is 14.3 Å². The van der Waals surface area contributed by atoms with Crippen LogP contribution in [0.4, 0.5) is 5.69 Å². The molecule has 0 spiro atoms. The van der Waals surface area contributed by atoms with Crippen molar-refractivity contribution in [3.05, 3.63) is 108 Å². The van der Waals surface area contributed by atoms with Gasteiger partial charge in [-0.05, 0) is 67.7 Å². The van der Waals surface area contributed by atoms with Gasteiger partial charge in [-0.15, -0.1) is 0 Å². The van der Waals surface area contributed by atoms with E-state index in [1.165, 1.54) is 0 Å². The first-order valence-electron chi connectivity index (χ1n) is 12.4. The molecule has 2 atom stereocenters. The molecule has 0 aliphatic carbocycles. The molecule has 2 unspecified atom stereocenters. The number of carbonyl (C=O) groups excluding carboxylic acids is 1. The molecule has 1 aliphatic rings. The lowest BCUT2D eigenvalue weighted by Crippen LogP contribution is -2.33. The minimum atomic E-state index is -0.174. The van der Waals surface area contributed by atoms with Crippen LogP contribution in [0.2, 0.25) is 0 Å². The molecule has 1 saturated heterocycles. The molecule has 3 aromatic heterocycles. The zero-order valence-electron chi connectivity index (χ0n) is 20.7. The van der Waals surface area contributed by atoms with Crippen molar-refractivity contribution in [2.45, 2.75) is 25.4 Å². The average molecular weight is 539 g/mol. The average Bonchev–Trinajstić information content (AvgIpc) is 3.65. The van der Waals surface area contributed by atoms with Gasteiger partial charge in [0.1, 0.15) is 0 Å². The SMILES string of the molecule is Cc1ccc(NC(=O)CCN2C(=S)NC(c3ccccn3)C2c2cccn2-c2nc3ccccc3s2)cc1. The fourth-order valence-corrected chi connectivity index (χ4v) is 6.12. The van der Waals surface area contributed by atoms with Crippen LogP contribution in [0.15, 0.2) is 91.3 Å². The number of rotatable bonds is 7. The molecule has 6 rings (SSSR count). The van der Waals surface area contributed by atoms with E-state index in [4.69, 9.17) is 17.2 Å². The van der Waals surface area contributed by atoms with Crippen LogP contribution in [0.5, 0.6) is 0 Å². The van der Waals surface area contributed by atoms with Gasteiger partial charge < -0.3 is 15.5 Å². The van der Waals surface area contributed by atoms with E-state index in [0.717, 1.165) is 38.0 Å². The summed E-state index contributed by atoms with van der Waals surface area (Å²) in [5.41, 5.74) is 4.83. The van der Waals surface area contributed by atoms with Gasteiger partial charge in [-0.1, -0.05) is 47.2 Å². The fraction of sp³-hybridized carbons (Fsp3) is 0.172. The van der Waals surface area contributed by atoms with Crippen molar-refractivity contribution in [3.8, 4) is 5.13 Å². The molecule has 1 aliphatic heterocycles. The zero-order chi connectivity index (χ0) is 26.1. The molecule has 38 heavy (non-hydrogen) atoms. The minimum Gasteiger partial charge on any atom is -0.352 e. The van der Waals surface area contributed by atoms with Gasteiger partial charge >= 0.3 is 0 Å². The van der Waals surface area contributed by atoms with Crippen LogP contribution in [0, 0.1) is 6.92 Å². The van der Waals surface area contributed by atoms with E-state index < -0.39 is 0 Å². The van der Waals surface area contributed by atoms with Crippen LogP contribution in [-0.2, 0) is 4.79 Å². The van der Waals surface area contributed by atoms with Crippen molar-refractivity contribution < 1.29 is 4.79 Å². The summed E-state index contributed by atoms with van der Waals surface area (Å²) in [4.78, 5) is 24.5. The van der Waals surface area contributed by atoms with Gasteiger partial charge in [0.25, 0.3) is 0 Å². The van der Waals surface area contributed by atoms with Crippen molar-refractivity contribution in [2.75, 3.05) is 11.9 Å². The maximum absolute atomic E-state index is 12.9. The Morgan fingerprint density at radius 3 is 2.66 bits per heavy atom. The number of anilines is 1. The summed E-state index contributed by atoms with van der Waals surface area (Å²) in [5.74, 6) is -0.0572. The number of aryl methyl sites for hydroxylation is 1. The first kappa shape index (κ1) is 24.3. The number of aromatic nitrogens is 3. The smallest absolute Gasteiger partial charge is 0.226 e. The molecule has 7 nitrogen and oxygen atoms in total. The van der Waals surface area contributed by atoms with Crippen LogP contribution >= 0.6 is 23.6 Å². The number of fused-ring (bicyclic) bond motifs is 1. The van der Waals surface area contributed by atoms with Crippen LogP contribution in [0.1, 0.15) is 35.5 Å². The predicted molar refractivity (Wildman–Crippen MR) is 156 cm³/mol. The molecule has 5 aromatic rings. The summed E-state index contributed by atoms with van der Waals surface area (Å²) in [5, 5.41) is 7.97. The summed E-state index contributed by atoms with van der Waals surface area (Å²) >= 11 is 7.46. The summed E-state index contributed by atoms with van der Waals surface area (Å²) in [6, 6.07) is 25.6. The van der Waals surface area contributed by atoms with E-state index in [0.29, 0.717) is 18.1 Å². The molecule has 0 radical (unpaired) electrons. The van der Waals surface area contributed by atoms with Crippen LogP contribution in [-0.4, -0.2) is 37.0 Å². The van der Waals surface area contributed by atoms with E-state index >= 15 is 0 Å². The molecular formula is C29H26N6OS2. The number of benzene rings is 2. The van der Waals surface area contributed by atoms with E-state index in [2.05, 4.69) is 37.2 Å². The maximum Gasteiger partial charge on any atom is 0.226 e. The number of hydrogen-bond donors (Lipinski definition) is 2. The Kier molecular flexibility index (Phi) is 6.61. The van der Waals surface area contributed by atoms with E-state index in [1.54, 1.807) is 17.5 Å².